The highest BCUT2D eigenvalue weighted by Crippen LogP contribution is 2.33. The monoisotopic (exact) mass is 306 g/mol. The highest BCUT2D eigenvalue weighted by molar-refractivity contribution is 9.10. The third-order valence-corrected chi connectivity index (χ3v) is 3.53. The van der Waals surface area contributed by atoms with E-state index >= 15 is 0 Å². The molecule has 0 bridgehead atoms. The maximum absolute atomic E-state index is 8.77. The topological polar surface area (TPSA) is 63.7 Å². The first-order valence-corrected chi connectivity index (χ1v) is 8.48. The van der Waals surface area contributed by atoms with E-state index < -0.39 is 10.0 Å². The smallest absolute Gasteiger partial charge is 0.233 e. The third-order valence-electron chi connectivity index (χ3n) is 1.80. The molecule has 0 aliphatic rings. The van der Waals surface area contributed by atoms with Crippen molar-refractivity contribution in [3.8, 4) is 6.07 Å². The molecule has 0 atom stereocenters. The van der Waals surface area contributed by atoms with Crippen molar-refractivity contribution in [1.29, 1.82) is 5.26 Å². The Bertz CT molecular complexity index is 393. The summed E-state index contributed by atoms with van der Waals surface area (Å²) >= 11 is 3.12. The molecule has 1 aromatic rings. The Balaban J connectivity index is 2.41. The number of ether oxygens (including phenoxy) is 1. The van der Waals surface area contributed by atoms with Crippen LogP contribution in [0.2, 0.25) is 0 Å². The minimum absolute atomic E-state index is 0.259. The van der Waals surface area contributed by atoms with Crippen LogP contribution in [0, 0.1) is 11.3 Å². The van der Waals surface area contributed by atoms with E-state index in [0.29, 0.717) is 11.3 Å². The summed E-state index contributed by atoms with van der Waals surface area (Å²) in [7, 11) is -0.534. The van der Waals surface area contributed by atoms with Crippen molar-refractivity contribution in [1.82, 2.24) is 14.8 Å². The van der Waals surface area contributed by atoms with Gasteiger partial charge in [0, 0.05) is 5.75 Å². The molecule has 1 aromatic heterocycles. The van der Waals surface area contributed by atoms with E-state index in [1.54, 1.807) is 0 Å². The molecule has 0 aromatic carbocycles. The van der Waals surface area contributed by atoms with Gasteiger partial charge in [0.1, 0.15) is 12.8 Å². The summed E-state index contributed by atoms with van der Waals surface area (Å²) < 4.78 is 7.32. The molecule has 16 heavy (non-hydrogen) atoms. The van der Waals surface area contributed by atoms with E-state index in [4.69, 9.17) is 10.00 Å². The molecule has 0 fully saturated rings. The first kappa shape index (κ1) is 13.5. The second-order valence-electron chi connectivity index (χ2n) is 4.15. The van der Waals surface area contributed by atoms with Gasteiger partial charge in [-0.05, 0) is 34.7 Å². The molecule has 0 spiro atoms. The van der Waals surface area contributed by atoms with Crippen LogP contribution in [0.4, 0.5) is 0 Å². The zero-order valence-corrected chi connectivity index (χ0v) is 12.0. The minimum Gasteiger partial charge on any atom is -0.358 e. The van der Waals surface area contributed by atoms with Gasteiger partial charge < -0.3 is 4.74 Å². The van der Waals surface area contributed by atoms with Crippen molar-refractivity contribution < 1.29 is 4.74 Å². The Kier molecular flexibility index (Phi) is 4.77. The summed E-state index contributed by atoms with van der Waals surface area (Å²) in [6.07, 6.45) is 6.72. The number of aromatic nitrogens is 3. The molecule has 5 nitrogen and oxygen atoms in total. The standard InChI is InChI=1S/C9H15BrN4OS/c1-16(2,3)5-4-15-7-14-8(6-11)12-9(10)13-14/h4-5,7H2,1-3H3. The predicted octanol–water partition coefficient (Wildman–Crippen LogP) is 1.58. The van der Waals surface area contributed by atoms with Gasteiger partial charge in [-0.15, -0.1) is 5.10 Å². The Morgan fingerprint density at radius 2 is 2.19 bits per heavy atom. The van der Waals surface area contributed by atoms with Gasteiger partial charge in [-0.2, -0.15) is 10.2 Å². The lowest BCUT2D eigenvalue weighted by Gasteiger charge is -2.24. The average molecular weight is 307 g/mol. The van der Waals surface area contributed by atoms with Crippen molar-refractivity contribution >= 4 is 26.0 Å². The minimum atomic E-state index is -0.534. The van der Waals surface area contributed by atoms with Gasteiger partial charge in [0.05, 0.1) is 6.61 Å². The fraction of sp³-hybridized carbons (Fsp3) is 0.667. The van der Waals surface area contributed by atoms with E-state index in [0.717, 1.165) is 5.75 Å². The van der Waals surface area contributed by atoms with Crippen LogP contribution in [0.3, 0.4) is 0 Å². The van der Waals surface area contributed by atoms with Crippen LogP contribution in [0.15, 0.2) is 4.73 Å². The zero-order valence-electron chi connectivity index (χ0n) is 9.60. The van der Waals surface area contributed by atoms with E-state index in [1.807, 2.05) is 6.07 Å². The average Bonchev–Trinajstić information content (AvgIpc) is 2.52. The van der Waals surface area contributed by atoms with Crippen LogP contribution in [-0.4, -0.2) is 45.9 Å². The number of halogens is 1. The number of nitriles is 1. The Labute approximate surface area is 105 Å². The molecule has 90 valence electrons. The maximum Gasteiger partial charge on any atom is 0.233 e. The lowest BCUT2D eigenvalue weighted by molar-refractivity contribution is 0.0798. The van der Waals surface area contributed by atoms with Crippen LogP contribution in [0.25, 0.3) is 0 Å². The van der Waals surface area contributed by atoms with E-state index in [2.05, 4.69) is 44.8 Å². The van der Waals surface area contributed by atoms with Crippen molar-refractivity contribution in [3.63, 3.8) is 0 Å². The zero-order chi connectivity index (χ0) is 12.2. The lowest BCUT2D eigenvalue weighted by atomic mass is 10.7. The molecule has 0 saturated heterocycles. The highest BCUT2D eigenvalue weighted by atomic mass is 79.9. The summed E-state index contributed by atoms with van der Waals surface area (Å²) in [6, 6.07) is 1.96. The van der Waals surface area contributed by atoms with Crippen LogP contribution >= 0.6 is 26.0 Å². The molecule has 0 radical (unpaired) electrons. The second kappa shape index (κ2) is 5.66. The fourth-order valence-corrected chi connectivity index (χ4v) is 1.92. The van der Waals surface area contributed by atoms with Crippen molar-refractivity contribution in [2.45, 2.75) is 6.73 Å². The molecular weight excluding hydrogens is 292 g/mol. The SMILES string of the molecule is CS(C)(C)CCOCn1nc(Br)nc1C#N. The van der Waals surface area contributed by atoms with Gasteiger partial charge in [-0.3, -0.25) is 0 Å². The summed E-state index contributed by atoms with van der Waals surface area (Å²) in [5.74, 6) is 1.31. The van der Waals surface area contributed by atoms with Gasteiger partial charge in [-0.25, -0.2) is 14.7 Å². The van der Waals surface area contributed by atoms with E-state index in [-0.39, 0.29) is 12.6 Å². The van der Waals surface area contributed by atoms with Crippen molar-refractivity contribution in [2.24, 2.45) is 0 Å². The molecule has 1 rings (SSSR count). The molecule has 0 aliphatic heterocycles. The van der Waals surface area contributed by atoms with Gasteiger partial charge in [0.15, 0.2) is 0 Å². The number of hydrogen-bond donors (Lipinski definition) is 0. The maximum atomic E-state index is 8.77. The molecule has 0 unspecified atom stereocenters. The highest BCUT2D eigenvalue weighted by Gasteiger charge is 2.08. The molecule has 7 heteroatoms. The Hall–Kier alpha value is -0.580. The summed E-state index contributed by atoms with van der Waals surface area (Å²) in [6.45, 7) is 0.957. The van der Waals surface area contributed by atoms with Crippen LogP contribution in [0.1, 0.15) is 5.82 Å². The lowest BCUT2D eigenvalue weighted by Crippen LogP contribution is -2.11. The molecule has 0 aliphatic carbocycles. The summed E-state index contributed by atoms with van der Waals surface area (Å²) in [5.41, 5.74) is 0. The molecule has 0 saturated carbocycles. The third kappa shape index (κ3) is 4.51. The van der Waals surface area contributed by atoms with Crippen LogP contribution < -0.4 is 0 Å². The first-order chi connectivity index (χ1) is 7.42. The first-order valence-electron chi connectivity index (χ1n) is 4.66. The number of hydrogen-bond acceptors (Lipinski definition) is 4. The van der Waals surface area contributed by atoms with Gasteiger partial charge in [0.2, 0.25) is 10.6 Å². The van der Waals surface area contributed by atoms with Gasteiger partial charge in [0.25, 0.3) is 0 Å². The van der Waals surface area contributed by atoms with Crippen LogP contribution in [0.5, 0.6) is 0 Å². The number of nitrogens with zero attached hydrogens (tertiary/aromatic N) is 4. The van der Waals surface area contributed by atoms with Crippen LogP contribution in [-0.2, 0) is 11.5 Å². The summed E-state index contributed by atoms with van der Waals surface area (Å²) in [4.78, 5) is 3.89. The predicted molar refractivity (Wildman–Crippen MR) is 68.6 cm³/mol. The van der Waals surface area contributed by atoms with E-state index in [9.17, 15) is 0 Å². The van der Waals surface area contributed by atoms with E-state index in [1.165, 1.54) is 4.68 Å². The summed E-state index contributed by atoms with van der Waals surface area (Å²) in [5, 5.41) is 12.8. The van der Waals surface area contributed by atoms with Crippen molar-refractivity contribution in [3.05, 3.63) is 10.6 Å². The Morgan fingerprint density at radius 1 is 1.50 bits per heavy atom. The molecule has 1 heterocycles. The fourth-order valence-electron chi connectivity index (χ4n) is 0.947. The number of rotatable bonds is 5. The second-order valence-corrected chi connectivity index (χ2v) is 9.45. The Morgan fingerprint density at radius 3 is 2.75 bits per heavy atom. The van der Waals surface area contributed by atoms with Gasteiger partial charge >= 0.3 is 0 Å². The molecule has 0 amide bonds. The van der Waals surface area contributed by atoms with Crippen molar-refractivity contribution in [2.75, 3.05) is 31.1 Å². The largest absolute Gasteiger partial charge is 0.358 e. The normalized spacial score (nSPS) is 12.4. The van der Waals surface area contributed by atoms with Gasteiger partial charge in [-0.1, -0.05) is 0 Å². The molecule has 0 N–H and O–H groups in total. The quantitative estimate of drug-likeness (QED) is 0.775. The molecular formula is C9H15BrN4OS.